The third-order valence-corrected chi connectivity index (χ3v) is 3.83. The molecule has 1 aliphatic heterocycles. The van der Waals surface area contributed by atoms with Gasteiger partial charge in [-0.3, -0.25) is 4.90 Å². The Balaban J connectivity index is 0.00000242. The zero-order valence-electron chi connectivity index (χ0n) is 12.0. The van der Waals surface area contributed by atoms with Crippen molar-refractivity contribution in [3.63, 3.8) is 0 Å². The lowest BCUT2D eigenvalue weighted by Gasteiger charge is -2.35. The van der Waals surface area contributed by atoms with Crippen LogP contribution in [0.3, 0.4) is 0 Å². The zero-order chi connectivity index (χ0) is 15.5. The van der Waals surface area contributed by atoms with Gasteiger partial charge in [0.25, 0.3) is 0 Å². The molecule has 2 rings (SSSR count). The molecule has 7 heteroatoms. The normalized spacial score (nSPS) is 17.6. The average Bonchev–Trinajstić information content (AvgIpc) is 2.44. The number of nitrogens with one attached hydrogen (secondary N) is 1. The Morgan fingerprint density at radius 2 is 1.91 bits per heavy atom. The van der Waals surface area contributed by atoms with Crippen molar-refractivity contribution in [2.45, 2.75) is 18.6 Å². The molecule has 2 nitrogen and oxygen atoms in total. The summed E-state index contributed by atoms with van der Waals surface area (Å²) in [6, 6.07) is 3.66. The molecule has 22 heavy (non-hydrogen) atoms. The van der Waals surface area contributed by atoms with Gasteiger partial charge in [0.05, 0.1) is 5.56 Å². The van der Waals surface area contributed by atoms with Crippen molar-refractivity contribution in [1.29, 1.82) is 0 Å². The number of hydrogen-bond donors (Lipinski definition) is 1. The predicted molar refractivity (Wildman–Crippen MR) is 85.7 cm³/mol. The average molecular weight is 355 g/mol. The highest BCUT2D eigenvalue weighted by molar-refractivity contribution is 6.30. The van der Waals surface area contributed by atoms with Crippen molar-refractivity contribution in [3.05, 3.63) is 47.0 Å². The van der Waals surface area contributed by atoms with E-state index in [0.29, 0.717) is 12.0 Å². The summed E-state index contributed by atoms with van der Waals surface area (Å²) < 4.78 is 38.8. The maximum atomic E-state index is 12.9. The number of rotatable bonds is 4. The van der Waals surface area contributed by atoms with Gasteiger partial charge in [-0.2, -0.15) is 13.2 Å². The minimum atomic E-state index is -4.39. The summed E-state index contributed by atoms with van der Waals surface area (Å²) in [6.45, 7) is 6.98. The van der Waals surface area contributed by atoms with Gasteiger partial charge in [0, 0.05) is 37.2 Å². The van der Waals surface area contributed by atoms with Crippen LogP contribution in [0.25, 0.3) is 0 Å². The van der Waals surface area contributed by atoms with Gasteiger partial charge in [0.2, 0.25) is 0 Å². The van der Waals surface area contributed by atoms with Crippen molar-refractivity contribution in [3.8, 4) is 0 Å². The maximum Gasteiger partial charge on any atom is 0.416 e. The van der Waals surface area contributed by atoms with E-state index in [-0.39, 0.29) is 23.5 Å². The number of nitrogens with zero attached hydrogens (tertiary/aromatic N) is 1. The van der Waals surface area contributed by atoms with Crippen molar-refractivity contribution >= 4 is 24.0 Å². The summed E-state index contributed by atoms with van der Waals surface area (Å²) in [6.07, 6.45) is -2.06. The first-order valence-electron chi connectivity index (χ1n) is 6.85. The molecule has 0 spiro atoms. The van der Waals surface area contributed by atoms with E-state index >= 15 is 0 Å². The Bertz CT molecular complexity index is 500. The molecule has 0 amide bonds. The molecule has 1 N–H and O–H groups in total. The molecular weight excluding hydrogens is 336 g/mol. The lowest BCUT2D eigenvalue weighted by Crippen LogP contribution is -2.45. The van der Waals surface area contributed by atoms with E-state index in [2.05, 4.69) is 16.8 Å². The van der Waals surface area contributed by atoms with Crippen LogP contribution in [0.1, 0.15) is 23.6 Å². The van der Waals surface area contributed by atoms with Crippen LogP contribution in [-0.2, 0) is 6.18 Å². The molecule has 1 saturated heterocycles. The minimum absolute atomic E-state index is 0. The van der Waals surface area contributed by atoms with Crippen molar-refractivity contribution in [2.24, 2.45) is 0 Å². The maximum absolute atomic E-state index is 12.9. The highest BCUT2D eigenvalue weighted by Gasteiger charge is 2.32. The first-order valence-corrected chi connectivity index (χ1v) is 7.23. The molecule has 0 radical (unpaired) electrons. The molecule has 1 aliphatic rings. The molecule has 1 aromatic carbocycles. The first kappa shape index (κ1) is 19.3. The number of hydrogen-bond acceptors (Lipinski definition) is 2. The fraction of sp³-hybridized carbons (Fsp3) is 0.467. The molecule has 1 heterocycles. The van der Waals surface area contributed by atoms with Crippen LogP contribution >= 0.6 is 24.0 Å². The Morgan fingerprint density at radius 1 is 1.27 bits per heavy atom. The van der Waals surface area contributed by atoms with Crippen LogP contribution in [-0.4, -0.2) is 31.1 Å². The van der Waals surface area contributed by atoms with Crippen LogP contribution in [0, 0.1) is 0 Å². The van der Waals surface area contributed by atoms with Gasteiger partial charge >= 0.3 is 6.18 Å². The largest absolute Gasteiger partial charge is 0.416 e. The number of alkyl halides is 3. The third kappa shape index (κ3) is 4.88. The molecular formula is C15H19Cl2F3N2. The highest BCUT2D eigenvalue weighted by Crippen LogP contribution is 2.35. The van der Waals surface area contributed by atoms with E-state index in [1.165, 1.54) is 6.07 Å². The topological polar surface area (TPSA) is 15.3 Å². The Kier molecular flexibility index (Phi) is 7.19. The van der Waals surface area contributed by atoms with Crippen LogP contribution in [0.4, 0.5) is 13.2 Å². The Morgan fingerprint density at radius 3 is 2.45 bits per heavy atom. The Labute approximate surface area is 139 Å². The van der Waals surface area contributed by atoms with E-state index < -0.39 is 11.7 Å². The number of piperazine rings is 1. The monoisotopic (exact) mass is 354 g/mol. The van der Waals surface area contributed by atoms with Gasteiger partial charge in [-0.25, -0.2) is 0 Å². The number of halogens is 5. The van der Waals surface area contributed by atoms with E-state index in [1.54, 1.807) is 12.1 Å². The third-order valence-electron chi connectivity index (χ3n) is 3.61. The molecule has 1 aromatic rings. The summed E-state index contributed by atoms with van der Waals surface area (Å²) in [5.41, 5.74) is -0.106. The van der Waals surface area contributed by atoms with E-state index in [1.807, 2.05) is 0 Å². The van der Waals surface area contributed by atoms with Gasteiger partial charge in [0.1, 0.15) is 0 Å². The molecule has 0 aromatic heterocycles. The van der Waals surface area contributed by atoms with Gasteiger partial charge in [-0.15, -0.1) is 19.0 Å². The smallest absolute Gasteiger partial charge is 0.314 e. The van der Waals surface area contributed by atoms with Crippen LogP contribution < -0.4 is 5.32 Å². The second kappa shape index (κ2) is 8.20. The van der Waals surface area contributed by atoms with Crippen LogP contribution in [0.15, 0.2) is 30.9 Å². The molecule has 1 atom stereocenters. The molecule has 0 saturated carbocycles. The van der Waals surface area contributed by atoms with Crippen molar-refractivity contribution in [2.75, 3.05) is 26.2 Å². The molecule has 0 bridgehead atoms. The van der Waals surface area contributed by atoms with Gasteiger partial charge in [-0.05, 0) is 30.2 Å². The predicted octanol–water partition coefficient (Wildman–Crippen LogP) is 4.30. The van der Waals surface area contributed by atoms with E-state index in [0.717, 1.165) is 32.2 Å². The summed E-state index contributed by atoms with van der Waals surface area (Å²) in [5.74, 6) is 0. The zero-order valence-corrected chi connectivity index (χ0v) is 13.6. The quantitative estimate of drug-likeness (QED) is 0.810. The molecule has 124 valence electrons. The lowest BCUT2D eigenvalue weighted by molar-refractivity contribution is -0.137. The second-order valence-corrected chi connectivity index (χ2v) is 5.53. The fourth-order valence-electron chi connectivity index (χ4n) is 2.62. The number of benzene rings is 1. The van der Waals surface area contributed by atoms with E-state index in [4.69, 9.17) is 11.6 Å². The summed E-state index contributed by atoms with van der Waals surface area (Å²) in [5, 5.41) is 3.35. The first-order chi connectivity index (χ1) is 9.91. The molecule has 0 unspecified atom stereocenters. The highest BCUT2D eigenvalue weighted by atomic mass is 35.5. The van der Waals surface area contributed by atoms with Gasteiger partial charge in [-0.1, -0.05) is 17.7 Å². The standard InChI is InChI=1S/C15H18ClF3N2.ClH/c1-2-3-14(21-6-4-20-5-7-21)11-8-12(15(17,18)19)10-13(16)9-11;/h2,8-10,14,20H,1,3-7H2;1H/t14-;/m0./s1. The fourth-order valence-corrected chi connectivity index (χ4v) is 2.86. The molecule has 1 fully saturated rings. The van der Waals surface area contributed by atoms with Gasteiger partial charge < -0.3 is 5.32 Å². The lowest BCUT2D eigenvalue weighted by atomic mass is 9.99. The SMILES string of the molecule is C=CC[C@@H](c1cc(Cl)cc(C(F)(F)F)c1)N1CCNCC1.Cl. The summed E-state index contributed by atoms with van der Waals surface area (Å²) in [7, 11) is 0. The van der Waals surface area contributed by atoms with Crippen molar-refractivity contribution in [1.82, 2.24) is 10.2 Å². The van der Waals surface area contributed by atoms with Crippen molar-refractivity contribution < 1.29 is 13.2 Å². The Hall–Kier alpha value is -0.750. The summed E-state index contributed by atoms with van der Waals surface area (Å²) in [4.78, 5) is 2.17. The summed E-state index contributed by atoms with van der Waals surface area (Å²) >= 11 is 5.88. The molecule has 0 aliphatic carbocycles. The van der Waals surface area contributed by atoms with E-state index in [9.17, 15) is 13.2 Å². The second-order valence-electron chi connectivity index (χ2n) is 5.10. The minimum Gasteiger partial charge on any atom is -0.314 e. The van der Waals surface area contributed by atoms with Crippen LogP contribution in [0.5, 0.6) is 0 Å². The van der Waals surface area contributed by atoms with Gasteiger partial charge in [0.15, 0.2) is 0 Å². The van der Waals surface area contributed by atoms with Crippen LogP contribution in [0.2, 0.25) is 5.02 Å².